The van der Waals surface area contributed by atoms with Gasteiger partial charge in [-0.1, -0.05) is 44.9 Å². The highest BCUT2D eigenvalue weighted by atomic mass is 35.5. The van der Waals surface area contributed by atoms with Crippen molar-refractivity contribution in [1.82, 2.24) is 15.6 Å². The van der Waals surface area contributed by atoms with Crippen molar-refractivity contribution in [3.63, 3.8) is 0 Å². The minimum absolute atomic E-state index is 0. The maximum atomic E-state index is 12.7. The van der Waals surface area contributed by atoms with Gasteiger partial charge < -0.3 is 10.2 Å². The number of ketones is 1. The van der Waals surface area contributed by atoms with E-state index in [-0.39, 0.29) is 34.9 Å². The maximum absolute atomic E-state index is 12.7. The summed E-state index contributed by atoms with van der Waals surface area (Å²) in [6.07, 6.45) is 5.38. The van der Waals surface area contributed by atoms with Crippen LogP contribution in [0, 0.1) is 11.8 Å². The van der Waals surface area contributed by atoms with Crippen LogP contribution in [0.2, 0.25) is 0 Å². The predicted octanol–water partition coefficient (Wildman–Crippen LogP) is 2.93. The van der Waals surface area contributed by atoms with E-state index < -0.39 is 17.7 Å². The summed E-state index contributed by atoms with van der Waals surface area (Å²) in [6, 6.07) is -0.806. The number of hydrogen-bond donors (Lipinski definition) is 2. The molecule has 0 spiro atoms. The van der Waals surface area contributed by atoms with Gasteiger partial charge in [-0.2, -0.15) is 0 Å². The molecule has 0 unspecified atom stereocenters. The first-order chi connectivity index (χ1) is 13.1. The quantitative estimate of drug-likeness (QED) is 0.463. The van der Waals surface area contributed by atoms with E-state index in [9.17, 15) is 14.4 Å². The molecule has 1 heterocycles. The highest BCUT2D eigenvalue weighted by Gasteiger charge is 2.34. The lowest BCUT2D eigenvalue weighted by molar-refractivity contribution is -0.140. The number of Topliss-reactive ketones (excluding diaryl/α,β-unsaturated/α-hetero) is 1. The fourth-order valence-corrected chi connectivity index (χ4v) is 4.84. The Kier molecular flexibility index (Phi) is 9.95. The Morgan fingerprint density at radius 2 is 1.83 bits per heavy atom. The maximum Gasteiger partial charge on any atom is 0.309 e. The summed E-state index contributed by atoms with van der Waals surface area (Å²) >= 11 is 1.56. The molecule has 2 fully saturated rings. The molecule has 1 aliphatic heterocycles. The molecule has 0 aromatic carbocycles. The number of hydrogen-bond acceptors (Lipinski definition) is 5. The van der Waals surface area contributed by atoms with Gasteiger partial charge in [0.25, 0.3) is 0 Å². The summed E-state index contributed by atoms with van der Waals surface area (Å²) in [6.45, 7) is 8.95. The van der Waals surface area contributed by atoms with E-state index in [0.717, 1.165) is 38.6 Å². The second-order valence-corrected chi connectivity index (χ2v) is 10.6. The number of amidine groups is 1. The van der Waals surface area contributed by atoms with Crippen LogP contribution in [-0.2, 0) is 14.4 Å². The smallest absolute Gasteiger partial charge is 0.309 e. The number of thioether (sulfide) groups is 1. The highest BCUT2D eigenvalue weighted by Crippen LogP contribution is 2.34. The number of halogens is 1. The van der Waals surface area contributed by atoms with Gasteiger partial charge in [-0.15, -0.1) is 17.5 Å². The monoisotopic (exact) mass is 446 g/mol. The third kappa shape index (κ3) is 7.81. The fraction of sp³-hybridized carbons (Fsp3) is 0.800. The normalized spacial score (nSPS) is 21.6. The van der Waals surface area contributed by atoms with Crippen LogP contribution in [0.5, 0.6) is 0 Å². The SMILES string of the molecule is CC(C)C[C@H](NC(=O)C1CCCCC1)C(=O)C(=O)NN=C1SC(C)(C)CN1C.Cl. The lowest BCUT2D eigenvalue weighted by atomic mass is 9.88. The van der Waals surface area contributed by atoms with Gasteiger partial charge in [-0.05, 0) is 39.0 Å². The van der Waals surface area contributed by atoms with Crippen LogP contribution < -0.4 is 10.7 Å². The van der Waals surface area contributed by atoms with Crippen molar-refractivity contribution in [3.05, 3.63) is 0 Å². The van der Waals surface area contributed by atoms with Gasteiger partial charge in [0.15, 0.2) is 5.17 Å². The molecule has 1 aliphatic carbocycles. The van der Waals surface area contributed by atoms with Gasteiger partial charge in [0, 0.05) is 24.3 Å². The van der Waals surface area contributed by atoms with E-state index in [1.807, 2.05) is 25.8 Å². The second kappa shape index (κ2) is 11.2. The molecule has 0 aromatic rings. The number of carbonyl (C=O) groups excluding carboxylic acids is 3. The van der Waals surface area contributed by atoms with Gasteiger partial charge in [-0.3, -0.25) is 14.4 Å². The summed E-state index contributed by atoms with van der Waals surface area (Å²) in [5.74, 6) is -1.39. The van der Waals surface area contributed by atoms with Crippen molar-refractivity contribution in [2.24, 2.45) is 16.9 Å². The first-order valence-electron chi connectivity index (χ1n) is 10.2. The number of hydrazone groups is 1. The second-order valence-electron chi connectivity index (χ2n) is 8.94. The topological polar surface area (TPSA) is 90.9 Å². The molecular formula is C20H35ClN4O3S. The van der Waals surface area contributed by atoms with E-state index in [2.05, 4.69) is 29.7 Å². The van der Waals surface area contributed by atoms with Crippen molar-refractivity contribution in [2.75, 3.05) is 13.6 Å². The molecule has 9 heteroatoms. The number of amides is 2. The predicted molar refractivity (Wildman–Crippen MR) is 120 cm³/mol. The van der Waals surface area contributed by atoms with E-state index in [0.29, 0.717) is 11.6 Å². The molecule has 2 N–H and O–H groups in total. The first-order valence-corrected chi connectivity index (χ1v) is 11.0. The third-order valence-corrected chi connectivity index (χ3v) is 6.37. The molecule has 2 amide bonds. The molecule has 29 heavy (non-hydrogen) atoms. The molecule has 0 radical (unpaired) electrons. The van der Waals surface area contributed by atoms with Crippen molar-refractivity contribution in [1.29, 1.82) is 0 Å². The Balaban J connectivity index is 0.00000420. The minimum Gasteiger partial charge on any atom is -0.352 e. The van der Waals surface area contributed by atoms with Gasteiger partial charge in [0.05, 0.1) is 6.04 Å². The van der Waals surface area contributed by atoms with Crippen LogP contribution in [0.3, 0.4) is 0 Å². The molecule has 1 atom stereocenters. The molecule has 0 aromatic heterocycles. The molecule has 2 rings (SSSR count). The summed E-state index contributed by atoms with van der Waals surface area (Å²) < 4.78 is 0.0104. The summed E-state index contributed by atoms with van der Waals surface area (Å²) in [5, 5.41) is 7.64. The van der Waals surface area contributed by atoms with Gasteiger partial charge >= 0.3 is 5.91 Å². The Morgan fingerprint density at radius 3 is 2.34 bits per heavy atom. The average Bonchev–Trinajstić information content (AvgIpc) is 2.90. The molecule has 166 valence electrons. The molecule has 1 saturated carbocycles. The van der Waals surface area contributed by atoms with Gasteiger partial charge in [0.1, 0.15) is 0 Å². The highest BCUT2D eigenvalue weighted by molar-refractivity contribution is 8.15. The van der Waals surface area contributed by atoms with Crippen molar-refractivity contribution in [3.8, 4) is 0 Å². The summed E-state index contributed by atoms with van der Waals surface area (Å²) in [4.78, 5) is 39.6. The lowest BCUT2D eigenvalue weighted by Crippen LogP contribution is -2.49. The van der Waals surface area contributed by atoms with Crippen molar-refractivity contribution >= 4 is 46.9 Å². The zero-order chi connectivity index (χ0) is 20.9. The van der Waals surface area contributed by atoms with Crippen LogP contribution in [-0.4, -0.2) is 52.0 Å². The molecule has 7 nitrogen and oxygen atoms in total. The Bertz CT molecular complexity index is 633. The Labute approximate surface area is 184 Å². The lowest BCUT2D eigenvalue weighted by Gasteiger charge is -2.24. The first kappa shape index (κ1) is 25.8. The number of nitrogens with one attached hydrogen (secondary N) is 2. The van der Waals surface area contributed by atoms with Crippen LogP contribution in [0.25, 0.3) is 0 Å². The standard InChI is InChI=1S/C20H34N4O3S.ClH/c1-13(2)11-15(21-17(26)14-9-7-6-8-10-14)16(25)18(27)22-23-19-24(5)12-20(3,4)28-19;/h13-15H,6-12H2,1-5H3,(H,21,26)(H,22,27);1H/t15-;/m0./s1. The van der Waals surface area contributed by atoms with Crippen molar-refractivity contribution in [2.45, 2.75) is 77.0 Å². The van der Waals surface area contributed by atoms with E-state index >= 15 is 0 Å². The Hall–Kier alpha value is -1.28. The molecular weight excluding hydrogens is 412 g/mol. The zero-order valence-electron chi connectivity index (χ0n) is 18.1. The zero-order valence-corrected chi connectivity index (χ0v) is 19.8. The van der Waals surface area contributed by atoms with Gasteiger partial charge in [0.2, 0.25) is 11.7 Å². The molecule has 0 bridgehead atoms. The third-order valence-electron chi connectivity index (χ3n) is 5.11. The number of nitrogens with zero attached hydrogens (tertiary/aromatic N) is 2. The van der Waals surface area contributed by atoms with Crippen LogP contribution in [0.15, 0.2) is 5.10 Å². The van der Waals surface area contributed by atoms with Crippen LogP contribution >= 0.6 is 24.2 Å². The summed E-state index contributed by atoms with van der Waals surface area (Å²) in [5.41, 5.74) is 2.38. The largest absolute Gasteiger partial charge is 0.352 e. The number of rotatable bonds is 7. The fourth-order valence-electron chi connectivity index (χ4n) is 3.77. The van der Waals surface area contributed by atoms with E-state index in [1.54, 1.807) is 11.8 Å². The van der Waals surface area contributed by atoms with E-state index in [4.69, 9.17) is 0 Å². The van der Waals surface area contributed by atoms with Gasteiger partial charge in [-0.25, -0.2) is 5.43 Å². The molecule has 1 saturated heterocycles. The Morgan fingerprint density at radius 1 is 1.21 bits per heavy atom. The van der Waals surface area contributed by atoms with Crippen LogP contribution in [0.4, 0.5) is 0 Å². The van der Waals surface area contributed by atoms with Crippen molar-refractivity contribution < 1.29 is 14.4 Å². The molecule has 2 aliphatic rings. The van der Waals surface area contributed by atoms with Crippen LogP contribution in [0.1, 0.15) is 66.2 Å². The van der Waals surface area contributed by atoms with E-state index in [1.165, 1.54) is 0 Å². The number of carbonyl (C=O) groups is 3. The minimum atomic E-state index is -0.806. The average molecular weight is 447 g/mol. The summed E-state index contributed by atoms with van der Waals surface area (Å²) in [7, 11) is 1.90.